The average molecular weight is 257 g/mol. The highest BCUT2D eigenvalue weighted by Crippen LogP contribution is 2.30. The van der Waals surface area contributed by atoms with Gasteiger partial charge in [0.2, 0.25) is 5.91 Å². The van der Waals surface area contributed by atoms with Crippen molar-refractivity contribution in [3.8, 4) is 5.75 Å². The molecule has 2 aromatic rings. The number of carbonyl (C=O) groups excluding carboxylic acids is 1. The number of carbonyl (C=O) groups is 1. The monoisotopic (exact) mass is 257 g/mol. The Morgan fingerprint density at radius 1 is 1.37 bits per heavy atom. The third-order valence-electron chi connectivity index (χ3n) is 2.75. The molecule has 2 rings (SSSR count). The molecule has 1 atom stereocenters. The molecular formula is C15H15NO3. The third-order valence-corrected chi connectivity index (χ3v) is 2.75. The van der Waals surface area contributed by atoms with Crippen LogP contribution in [0.5, 0.6) is 5.75 Å². The third kappa shape index (κ3) is 2.85. The second kappa shape index (κ2) is 5.91. The Morgan fingerprint density at radius 3 is 2.79 bits per heavy atom. The highest BCUT2D eigenvalue weighted by Gasteiger charge is 2.21. The largest absolute Gasteiger partial charge is 0.496 e. The predicted molar refractivity (Wildman–Crippen MR) is 71.9 cm³/mol. The lowest BCUT2D eigenvalue weighted by Gasteiger charge is -2.18. The van der Waals surface area contributed by atoms with Gasteiger partial charge in [-0.2, -0.15) is 0 Å². The highest BCUT2D eigenvalue weighted by atomic mass is 16.5. The molecule has 0 unspecified atom stereocenters. The summed E-state index contributed by atoms with van der Waals surface area (Å²) < 4.78 is 10.7. The molecule has 0 bridgehead atoms. The SMILES string of the molecule is C=CC(=O)N[C@H](c1ccco1)c1ccccc1OC. The molecule has 0 radical (unpaired) electrons. The van der Waals surface area contributed by atoms with Crippen LogP contribution in [0, 0.1) is 0 Å². The quantitative estimate of drug-likeness (QED) is 0.838. The van der Waals surface area contributed by atoms with E-state index in [0.29, 0.717) is 11.5 Å². The first-order valence-corrected chi connectivity index (χ1v) is 5.85. The second-order valence-electron chi connectivity index (χ2n) is 3.90. The first kappa shape index (κ1) is 13.0. The van der Waals surface area contributed by atoms with Crippen molar-refractivity contribution in [2.75, 3.05) is 7.11 Å². The molecule has 4 nitrogen and oxygen atoms in total. The molecule has 1 aromatic heterocycles. The lowest BCUT2D eigenvalue weighted by atomic mass is 10.0. The van der Waals surface area contributed by atoms with Crippen molar-refractivity contribution >= 4 is 5.91 Å². The molecule has 0 aliphatic carbocycles. The summed E-state index contributed by atoms with van der Waals surface area (Å²) in [5.74, 6) is 1.06. The summed E-state index contributed by atoms with van der Waals surface area (Å²) >= 11 is 0. The van der Waals surface area contributed by atoms with Crippen LogP contribution in [0.1, 0.15) is 17.4 Å². The molecule has 0 fully saturated rings. The lowest BCUT2D eigenvalue weighted by molar-refractivity contribution is -0.117. The summed E-state index contributed by atoms with van der Waals surface area (Å²) in [6.07, 6.45) is 2.79. The molecule has 98 valence electrons. The summed E-state index contributed by atoms with van der Waals surface area (Å²) in [5, 5.41) is 2.83. The predicted octanol–water partition coefficient (Wildman–Crippen LogP) is 2.68. The Hall–Kier alpha value is -2.49. The van der Waals surface area contributed by atoms with Gasteiger partial charge < -0.3 is 14.5 Å². The smallest absolute Gasteiger partial charge is 0.244 e. The molecule has 1 heterocycles. The lowest BCUT2D eigenvalue weighted by Crippen LogP contribution is -2.27. The van der Waals surface area contributed by atoms with E-state index in [1.165, 1.54) is 6.08 Å². The summed E-state index contributed by atoms with van der Waals surface area (Å²) in [6, 6.07) is 10.7. The maximum Gasteiger partial charge on any atom is 0.244 e. The van der Waals surface area contributed by atoms with Crippen molar-refractivity contribution in [1.82, 2.24) is 5.32 Å². The van der Waals surface area contributed by atoms with Gasteiger partial charge in [0.25, 0.3) is 0 Å². The van der Waals surface area contributed by atoms with Gasteiger partial charge in [0.1, 0.15) is 17.6 Å². The van der Waals surface area contributed by atoms with Gasteiger partial charge in [0.15, 0.2) is 0 Å². The first-order chi connectivity index (χ1) is 9.26. The van der Waals surface area contributed by atoms with Crippen molar-refractivity contribution in [2.24, 2.45) is 0 Å². The first-order valence-electron chi connectivity index (χ1n) is 5.85. The van der Waals surface area contributed by atoms with Gasteiger partial charge in [0.05, 0.1) is 13.4 Å². The van der Waals surface area contributed by atoms with Crippen LogP contribution in [0.4, 0.5) is 0 Å². The van der Waals surface area contributed by atoms with Gasteiger partial charge in [-0.05, 0) is 24.3 Å². The number of benzene rings is 1. The Labute approximate surface area is 111 Å². The van der Waals surface area contributed by atoms with E-state index in [-0.39, 0.29) is 5.91 Å². The number of hydrogen-bond acceptors (Lipinski definition) is 3. The zero-order valence-electron chi connectivity index (χ0n) is 10.6. The van der Waals surface area contributed by atoms with E-state index in [2.05, 4.69) is 11.9 Å². The second-order valence-corrected chi connectivity index (χ2v) is 3.90. The van der Waals surface area contributed by atoms with Gasteiger partial charge in [-0.15, -0.1) is 0 Å². The fraction of sp³-hybridized carbons (Fsp3) is 0.133. The zero-order chi connectivity index (χ0) is 13.7. The molecule has 19 heavy (non-hydrogen) atoms. The standard InChI is InChI=1S/C15H15NO3/c1-3-14(17)16-15(13-9-6-10-19-13)11-7-4-5-8-12(11)18-2/h3-10,15H,1H2,2H3,(H,16,17)/t15-/m0/s1. The van der Waals surface area contributed by atoms with Gasteiger partial charge in [-0.1, -0.05) is 24.8 Å². The van der Waals surface area contributed by atoms with E-state index < -0.39 is 6.04 Å². The summed E-state index contributed by atoms with van der Waals surface area (Å²) in [5.41, 5.74) is 0.829. The molecule has 4 heteroatoms. The maximum atomic E-state index is 11.6. The average Bonchev–Trinajstić information content (AvgIpc) is 2.98. The van der Waals surface area contributed by atoms with Crippen LogP contribution in [0.25, 0.3) is 0 Å². The fourth-order valence-electron chi connectivity index (χ4n) is 1.86. The number of amides is 1. The zero-order valence-corrected chi connectivity index (χ0v) is 10.6. The minimum atomic E-state index is -0.406. The molecule has 0 saturated carbocycles. The summed E-state index contributed by atoms with van der Waals surface area (Å²) in [4.78, 5) is 11.6. The van der Waals surface area contributed by atoms with E-state index in [4.69, 9.17) is 9.15 Å². The number of rotatable bonds is 5. The molecule has 0 spiro atoms. The van der Waals surface area contributed by atoms with Crippen LogP contribution in [-0.2, 0) is 4.79 Å². The Kier molecular flexibility index (Phi) is 4.03. The maximum absolute atomic E-state index is 11.6. The number of furan rings is 1. The fourth-order valence-corrected chi connectivity index (χ4v) is 1.86. The van der Waals surface area contributed by atoms with Crippen LogP contribution >= 0.6 is 0 Å². The topological polar surface area (TPSA) is 51.5 Å². The van der Waals surface area contributed by atoms with Crippen LogP contribution < -0.4 is 10.1 Å². The minimum Gasteiger partial charge on any atom is -0.496 e. The molecule has 0 saturated heterocycles. The number of nitrogens with one attached hydrogen (secondary N) is 1. The summed E-state index contributed by atoms with van der Waals surface area (Å²) in [6.45, 7) is 3.46. The van der Waals surface area contributed by atoms with Crippen molar-refractivity contribution in [2.45, 2.75) is 6.04 Å². The van der Waals surface area contributed by atoms with E-state index >= 15 is 0 Å². The Morgan fingerprint density at radius 2 is 2.16 bits per heavy atom. The number of ether oxygens (including phenoxy) is 1. The van der Waals surface area contributed by atoms with Gasteiger partial charge >= 0.3 is 0 Å². The molecule has 0 aliphatic rings. The molecule has 0 aliphatic heterocycles. The van der Waals surface area contributed by atoms with E-state index in [1.54, 1.807) is 25.5 Å². The molecule has 1 N–H and O–H groups in total. The Balaban J connectivity index is 2.42. The van der Waals surface area contributed by atoms with Crippen molar-refractivity contribution in [3.63, 3.8) is 0 Å². The van der Waals surface area contributed by atoms with E-state index in [1.807, 2.05) is 24.3 Å². The molecule has 1 aromatic carbocycles. The number of para-hydroxylation sites is 1. The minimum absolute atomic E-state index is 0.271. The van der Waals surface area contributed by atoms with Gasteiger partial charge in [-0.25, -0.2) is 0 Å². The number of hydrogen-bond donors (Lipinski definition) is 1. The van der Waals surface area contributed by atoms with Crippen LogP contribution in [0.3, 0.4) is 0 Å². The van der Waals surface area contributed by atoms with Crippen molar-refractivity contribution in [1.29, 1.82) is 0 Å². The van der Waals surface area contributed by atoms with Gasteiger partial charge in [0, 0.05) is 5.56 Å². The van der Waals surface area contributed by atoms with E-state index in [0.717, 1.165) is 5.56 Å². The van der Waals surface area contributed by atoms with Crippen LogP contribution in [-0.4, -0.2) is 13.0 Å². The molecular weight excluding hydrogens is 242 g/mol. The van der Waals surface area contributed by atoms with Crippen LogP contribution in [0.2, 0.25) is 0 Å². The Bertz CT molecular complexity index is 561. The highest BCUT2D eigenvalue weighted by molar-refractivity contribution is 5.87. The number of methoxy groups -OCH3 is 1. The van der Waals surface area contributed by atoms with Gasteiger partial charge in [-0.3, -0.25) is 4.79 Å². The van der Waals surface area contributed by atoms with E-state index in [9.17, 15) is 4.79 Å². The van der Waals surface area contributed by atoms with Crippen molar-refractivity contribution < 1.29 is 13.9 Å². The van der Waals surface area contributed by atoms with Crippen LogP contribution in [0.15, 0.2) is 59.7 Å². The normalized spacial score (nSPS) is 11.6. The van der Waals surface area contributed by atoms with Crippen molar-refractivity contribution in [3.05, 3.63) is 66.6 Å². The molecule has 1 amide bonds. The summed E-state index contributed by atoms with van der Waals surface area (Å²) in [7, 11) is 1.59.